The van der Waals surface area contributed by atoms with Gasteiger partial charge in [0, 0.05) is 19.3 Å². The van der Waals surface area contributed by atoms with Crippen LogP contribution in [0.15, 0.2) is 85.1 Å². The van der Waals surface area contributed by atoms with Crippen LogP contribution in [-0.4, -0.2) is 37.2 Å². The highest BCUT2D eigenvalue weighted by Gasteiger charge is 2.19. The molecule has 6 nitrogen and oxygen atoms in total. The van der Waals surface area contributed by atoms with E-state index in [9.17, 15) is 14.4 Å². The summed E-state index contributed by atoms with van der Waals surface area (Å²) in [6.45, 7) is 6.46. The number of allylic oxidation sites excluding steroid dienone is 14. The number of esters is 3. The zero-order chi connectivity index (χ0) is 53.6. The Morgan fingerprint density at radius 1 is 0.284 bits per heavy atom. The molecule has 0 aliphatic heterocycles. The van der Waals surface area contributed by atoms with Crippen molar-refractivity contribution in [3.05, 3.63) is 85.1 Å². The molecule has 0 fully saturated rings. The van der Waals surface area contributed by atoms with E-state index in [0.717, 1.165) is 116 Å². The van der Waals surface area contributed by atoms with E-state index in [1.54, 1.807) is 0 Å². The first-order chi connectivity index (χ1) is 36.5. The van der Waals surface area contributed by atoms with Crippen molar-refractivity contribution < 1.29 is 28.6 Å². The van der Waals surface area contributed by atoms with E-state index in [1.807, 2.05) is 0 Å². The molecule has 0 saturated carbocycles. The van der Waals surface area contributed by atoms with Gasteiger partial charge in [-0.2, -0.15) is 0 Å². The molecule has 0 amide bonds. The van der Waals surface area contributed by atoms with Gasteiger partial charge in [-0.25, -0.2) is 0 Å². The molecule has 0 spiro atoms. The van der Waals surface area contributed by atoms with Gasteiger partial charge in [0.2, 0.25) is 0 Å². The fourth-order valence-electron chi connectivity index (χ4n) is 8.86. The second-order valence-corrected chi connectivity index (χ2v) is 20.9. The Morgan fingerprint density at radius 3 is 0.878 bits per heavy atom. The highest BCUT2D eigenvalue weighted by molar-refractivity contribution is 5.71. The van der Waals surface area contributed by atoms with Gasteiger partial charge in [0.15, 0.2) is 6.10 Å². The standard InChI is InChI=1S/C68H118O6/c1-4-7-10-13-16-19-22-25-27-28-29-30-31-32-33-34-35-36-37-38-39-40-41-44-46-49-52-55-58-61-67(70)73-64-65(63-72-66(69)60-57-54-51-48-45-42-24-21-18-15-12-9-6-3)74-68(71)62-59-56-53-50-47-43-26-23-20-17-14-11-8-5-2/h9,12,14,17-18,21-23,25-26,28-29,42,45,65H,4-8,10-11,13,15-16,19-20,24,27,30-41,43-44,46-64H2,1-3H3/b12-9-,17-14-,21-18-,25-22-,26-23-,29-28-,45-42-. The molecule has 0 aromatic heterocycles. The van der Waals surface area contributed by atoms with Gasteiger partial charge in [-0.3, -0.25) is 14.4 Å². The molecule has 0 bridgehead atoms. The Hall–Kier alpha value is -3.41. The number of hydrogen-bond acceptors (Lipinski definition) is 6. The Balaban J connectivity index is 4.20. The molecular weight excluding hydrogens is 913 g/mol. The lowest BCUT2D eigenvalue weighted by Gasteiger charge is -2.18. The Labute approximate surface area is 458 Å². The summed E-state index contributed by atoms with van der Waals surface area (Å²) in [5, 5.41) is 0. The van der Waals surface area contributed by atoms with Gasteiger partial charge in [-0.1, -0.05) is 266 Å². The first kappa shape index (κ1) is 70.6. The van der Waals surface area contributed by atoms with E-state index >= 15 is 0 Å². The molecule has 1 unspecified atom stereocenters. The van der Waals surface area contributed by atoms with E-state index in [0.29, 0.717) is 19.3 Å². The van der Waals surface area contributed by atoms with Crippen molar-refractivity contribution in [3.8, 4) is 0 Å². The van der Waals surface area contributed by atoms with Gasteiger partial charge in [0.1, 0.15) is 13.2 Å². The Bertz CT molecular complexity index is 1420. The minimum Gasteiger partial charge on any atom is -0.462 e. The van der Waals surface area contributed by atoms with Crippen LogP contribution < -0.4 is 0 Å². The van der Waals surface area contributed by atoms with E-state index < -0.39 is 6.10 Å². The highest BCUT2D eigenvalue weighted by Crippen LogP contribution is 2.16. The molecular formula is C68H118O6. The van der Waals surface area contributed by atoms with Gasteiger partial charge < -0.3 is 14.2 Å². The van der Waals surface area contributed by atoms with Crippen LogP contribution in [0.5, 0.6) is 0 Å². The molecule has 0 radical (unpaired) electrons. The van der Waals surface area contributed by atoms with Crippen LogP contribution >= 0.6 is 0 Å². The second-order valence-electron chi connectivity index (χ2n) is 20.9. The van der Waals surface area contributed by atoms with Crippen molar-refractivity contribution in [2.45, 2.75) is 316 Å². The zero-order valence-corrected chi connectivity index (χ0v) is 48.8. The number of rotatable bonds is 57. The highest BCUT2D eigenvalue weighted by atomic mass is 16.6. The summed E-state index contributed by atoms with van der Waals surface area (Å²) in [5.74, 6) is -0.926. The molecule has 1 atom stereocenters. The molecule has 0 aromatic carbocycles. The summed E-state index contributed by atoms with van der Waals surface area (Å²) < 4.78 is 16.9. The summed E-state index contributed by atoms with van der Waals surface area (Å²) >= 11 is 0. The summed E-state index contributed by atoms with van der Waals surface area (Å²) in [5.41, 5.74) is 0. The molecule has 0 saturated heterocycles. The van der Waals surface area contributed by atoms with Gasteiger partial charge in [0.05, 0.1) is 0 Å². The van der Waals surface area contributed by atoms with Crippen LogP contribution in [0, 0.1) is 0 Å². The molecule has 6 heteroatoms. The van der Waals surface area contributed by atoms with Crippen molar-refractivity contribution in [3.63, 3.8) is 0 Å². The molecule has 0 aliphatic carbocycles. The van der Waals surface area contributed by atoms with Gasteiger partial charge >= 0.3 is 17.9 Å². The first-order valence-electron chi connectivity index (χ1n) is 31.6. The Kier molecular flexibility index (Phi) is 59.3. The average molecular weight is 1030 g/mol. The van der Waals surface area contributed by atoms with E-state index in [1.165, 1.54) is 154 Å². The predicted molar refractivity (Wildman–Crippen MR) is 321 cm³/mol. The van der Waals surface area contributed by atoms with E-state index in [-0.39, 0.29) is 31.1 Å². The Morgan fingerprint density at radius 2 is 0.541 bits per heavy atom. The number of carbonyl (C=O) groups is 3. The third-order valence-electron chi connectivity index (χ3n) is 13.6. The molecule has 74 heavy (non-hydrogen) atoms. The third-order valence-corrected chi connectivity index (χ3v) is 13.6. The minimum absolute atomic E-state index is 0.0901. The maximum Gasteiger partial charge on any atom is 0.306 e. The third kappa shape index (κ3) is 59.5. The first-order valence-corrected chi connectivity index (χ1v) is 31.6. The molecule has 426 valence electrons. The van der Waals surface area contributed by atoms with Gasteiger partial charge in [-0.05, 0) is 109 Å². The van der Waals surface area contributed by atoms with Crippen LogP contribution in [0.1, 0.15) is 310 Å². The lowest BCUT2D eigenvalue weighted by atomic mass is 10.0. The van der Waals surface area contributed by atoms with Gasteiger partial charge in [-0.15, -0.1) is 0 Å². The van der Waals surface area contributed by atoms with Crippen molar-refractivity contribution in [2.75, 3.05) is 13.2 Å². The van der Waals surface area contributed by atoms with E-state index in [4.69, 9.17) is 14.2 Å². The van der Waals surface area contributed by atoms with Crippen LogP contribution in [0.25, 0.3) is 0 Å². The molecule has 0 N–H and O–H groups in total. The number of carbonyl (C=O) groups excluding carboxylic acids is 3. The smallest absolute Gasteiger partial charge is 0.306 e. The van der Waals surface area contributed by atoms with Crippen LogP contribution in [0.4, 0.5) is 0 Å². The van der Waals surface area contributed by atoms with Crippen LogP contribution in [0.2, 0.25) is 0 Å². The SMILES string of the molecule is CC/C=C\C/C=C\C/C=C\CCCCCC(=O)OCC(COC(=O)CCCCCCCCCCCCCCCCCCC/C=C\C/C=C\CCCCCCC)OC(=O)CCCCCCC/C=C\C/C=C\CCCC. The number of hydrogen-bond donors (Lipinski definition) is 0. The topological polar surface area (TPSA) is 78.9 Å². The number of unbranched alkanes of at least 4 members (excludes halogenated alkanes) is 32. The quantitative estimate of drug-likeness (QED) is 0.0261. The molecule has 0 heterocycles. The van der Waals surface area contributed by atoms with Crippen molar-refractivity contribution in [1.29, 1.82) is 0 Å². The predicted octanol–water partition coefficient (Wildman–Crippen LogP) is 21.5. The van der Waals surface area contributed by atoms with Crippen molar-refractivity contribution in [1.82, 2.24) is 0 Å². The van der Waals surface area contributed by atoms with Crippen LogP contribution in [0.3, 0.4) is 0 Å². The summed E-state index contributed by atoms with van der Waals surface area (Å²) in [7, 11) is 0. The second kappa shape index (κ2) is 62.1. The largest absolute Gasteiger partial charge is 0.462 e. The zero-order valence-electron chi connectivity index (χ0n) is 48.8. The van der Waals surface area contributed by atoms with Crippen molar-refractivity contribution in [2.24, 2.45) is 0 Å². The monoisotopic (exact) mass is 1030 g/mol. The molecule has 0 aliphatic rings. The minimum atomic E-state index is -0.796. The summed E-state index contributed by atoms with van der Waals surface area (Å²) in [6, 6.07) is 0. The van der Waals surface area contributed by atoms with Crippen molar-refractivity contribution >= 4 is 17.9 Å². The molecule has 0 rings (SSSR count). The fourth-order valence-corrected chi connectivity index (χ4v) is 8.86. The normalized spacial score (nSPS) is 12.6. The van der Waals surface area contributed by atoms with E-state index in [2.05, 4.69) is 106 Å². The number of ether oxygens (including phenoxy) is 3. The van der Waals surface area contributed by atoms with Gasteiger partial charge in [0.25, 0.3) is 0 Å². The lowest BCUT2D eigenvalue weighted by molar-refractivity contribution is -0.167. The lowest BCUT2D eigenvalue weighted by Crippen LogP contribution is -2.30. The maximum atomic E-state index is 12.8. The average Bonchev–Trinajstić information content (AvgIpc) is 3.40. The fraction of sp³-hybridized carbons (Fsp3) is 0.750. The summed E-state index contributed by atoms with van der Waals surface area (Å²) in [4.78, 5) is 38.2. The summed E-state index contributed by atoms with van der Waals surface area (Å²) in [6.07, 6.45) is 81.8. The van der Waals surface area contributed by atoms with Crippen LogP contribution in [-0.2, 0) is 28.6 Å². The maximum absolute atomic E-state index is 12.8. The molecule has 0 aromatic rings.